The highest BCUT2D eigenvalue weighted by Crippen LogP contribution is 2.18. The van der Waals surface area contributed by atoms with Crippen LogP contribution in [0.1, 0.15) is 33.6 Å². The molecule has 0 aliphatic carbocycles. The van der Waals surface area contributed by atoms with Crippen LogP contribution in [-0.2, 0) is 0 Å². The van der Waals surface area contributed by atoms with Gasteiger partial charge in [-0.2, -0.15) is 15.0 Å². The molecule has 0 saturated carbocycles. The maximum absolute atomic E-state index is 5.87. The van der Waals surface area contributed by atoms with Crippen LogP contribution in [-0.4, -0.2) is 35.2 Å². The van der Waals surface area contributed by atoms with Crippen LogP contribution in [0, 0.1) is 5.92 Å². The standard InChI is InChI=1S/C12H21ClN4O/c1-5-9(6-2)8-17(7-3)11-14-10(13)15-12(16-11)18-4/h9H,5-8H2,1-4H3. The van der Waals surface area contributed by atoms with Crippen LogP contribution >= 0.6 is 11.6 Å². The van der Waals surface area contributed by atoms with Crippen molar-refractivity contribution in [1.29, 1.82) is 0 Å². The van der Waals surface area contributed by atoms with E-state index in [-0.39, 0.29) is 11.3 Å². The molecule has 0 aliphatic rings. The molecule has 102 valence electrons. The molecule has 0 aliphatic heterocycles. The predicted molar refractivity (Wildman–Crippen MR) is 73.3 cm³/mol. The van der Waals surface area contributed by atoms with Gasteiger partial charge in [-0.05, 0) is 24.4 Å². The second-order valence-electron chi connectivity index (χ2n) is 4.11. The number of hydrogen-bond acceptors (Lipinski definition) is 5. The molecule has 1 aromatic heterocycles. The van der Waals surface area contributed by atoms with Gasteiger partial charge >= 0.3 is 6.01 Å². The molecule has 1 rings (SSSR count). The molecule has 1 heterocycles. The van der Waals surface area contributed by atoms with E-state index in [0.29, 0.717) is 11.9 Å². The Hall–Kier alpha value is -1.10. The van der Waals surface area contributed by atoms with Crippen molar-refractivity contribution in [2.75, 3.05) is 25.1 Å². The number of rotatable bonds is 7. The lowest BCUT2D eigenvalue weighted by Gasteiger charge is -2.25. The van der Waals surface area contributed by atoms with E-state index in [1.54, 1.807) is 0 Å². The lowest BCUT2D eigenvalue weighted by Crippen LogP contribution is -2.30. The Morgan fingerprint density at radius 2 is 1.83 bits per heavy atom. The fourth-order valence-corrected chi connectivity index (χ4v) is 1.91. The first-order chi connectivity index (χ1) is 8.64. The molecule has 0 bridgehead atoms. The van der Waals surface area contributed by atoms with Crippen LogP contribution in [0.15, 0.2) is 0 Å². The van der Waals surface area contributed by atoms with Crippen molar-refractivity contribution in [1.82, 2.24) is 15.0 Å². The third-order valence-corrected chi connectivity index (χ3v) is 3.23. The van der Waals surface area contributed by atoms with E-state index in [4.69, 9.17) is 16.3 Å². The number of aromatic nitrogens is 3. The van der Waals surface area contributed by atoms with Crippen molar-refractivity contribution in [2.45, 2.75) is 33.6 Å². The van der Waals surface area contributed by atoms with Gasteiger partial charge in [0, 0.05) is 13.1 Å². The molecule has 0 unspecified atom stereocenters. The van der Waals surface area contributed by atoms with Crippen molar-refractivity contribution in [3.63, 3.8) is 0 Å². The van der Waals surface area contributed by atoms with Crippen molar-refractivity contribution >= 4 is 17.5 Å². The Labute approximate surface area is 114 Å². The van der Waals surface area contributed by atoms with Gasteiger partial charge in [-0.25, -0.2) is 0 Å². The molecule has 0 fully saturated rings. The van der Waals surface area contributed by atoms with Gasteiger partial charge in [0.1, 0.15) is 0 Å². The van der Waals surface area contributed by atoms with Crippen LogP contribution in [0.5, 0.6) is 6.01 Å². The van der Waals surface area contributed by atoms with E-state index in [2.05, 4.69) is 40.6 Å². The van der Waals surface area contributed by atoms with Crippen LogP contribution < -0.4 is 9.64 Å². The van der Waals surface area contributed by atoms with E-state index in [9.17, 15) is 0 Å². The topological polar surface area (TPSA) is 51.1 Å². The highest BCUT2D eigenvalue weighted by Gasteiger charge is 2.15. The molecule has 0 amide bonds. The zero-order chi connectivity index (χ0) is 13.5. The minimum atomic E-state index is 0.167. The number of ether oxygens (including phenoxy) is 1. The maximum atomic E-state index is 5.87. The first-order valence-electron chi connectivity index (χ1n) is 6.35. The van der Waals surface area contributed by atoms with Crippen molar-refractivity contribution in [2.24, 2.45) is 5.92 Å². The van der Waals surface area contributed by atoms with Gasteiger partial charge in [0.15, 0.2) is 0 Å². The maximum Gasteiger partial charge on any atom is 0.322 e. The number of halogens is 1. The Morgan fingerprint density at radius 1 is 1.17 bits per heavy atom. The zero-order valence-electron chi connectivity index (χ0n) is 11.5. The molecule has 0 N–H and O–H groups in total. The first-order valence-corrected chi connectivity index (χ1v) is 6.72. The molecule has 0 aromatic carbocycles. The predicted octanol–water partition coefficient (Wildman–Crippen LogP) is 2.80. The lowest BCUT2D eigenvalue weighted by atomic mass is 10.0. The number of hydrogen-bond donors (Lipinski definition) is 0. The molecule has 6 heteroatoms. The van der Waals surface area contributed by atoms with Gasteiger partial charge < -0.3 is 9.64 Å². The summed E-state index contributed by atoms with van der Waals surface area (Å²) in [6.45, 7) is 8.23. The Kier molecular flexibility index (Phi) is 6.12. The lowest BCUT2D eigenvalue weighted by molar-refractivity contribution is 0.377. The van der Waals surface area contributed by atoms with Gasteiger partial charge in [0.25, 0.3) is 0 Å². The largest absolute Gasteiger partial charge is 0.467 e. The van der Waals surface area contributed by atoms with Crippen LogP contribution in [0.3, 0.4) is 0 Å². The van der Waals surface area contributed by atoms with Crippen molar-refractivity contribution in [3.05, 3.63) is 5.28 Å². The summed E-state index contributed by atoms with van der Waals surface area (Å²) in [6.07, 6.45) is 2.28. The Morgan fingerprint density at radius 3 is 2.33 bits per heavy atom. The number of anilines is 1. The molecule has 1 aromatic rings. The van der Waals surface area contributed by atoms with Crippen molar-refractivity contribution in [3.8, 4) is 6.01 Å². The fourth-order valence-electron chi connectivity index (χ4n) is 1.77. The molecule has 0 spiro atoms. The minimum absolute atomic E-state index is 0.167. The summed E-state index contributed by atoms with van der Waals surface area (Å²) in [5.41, 5.74) is 0. The minimum Gasteiger partial charge on any atom is -0.467 e. The number of nitrogens with zero attached hydrogens (tertiary/aromatic N) is 4. The third-order valence-electron chi connectivity index (χ3n) is 3.06. The smallest absolute Gasteiger partial charge is 0.322 e. The molecule has 0 saturated heterocycles. The monoisotopic (exact) mass is 272 g/mol. The van der Waals surface area contributed by atoms with E-state index in [1.165, 1.54) is 7.11 Å². The zero-order valence-corrected chi connectivity index (χ0v) is 12.2. The Bertz CT molecular complexity index is 371. The van der Waals surface area contributed by atoms with E-state index < -0.39 is 0 Å². The van der Waals surface area contributed by atoms with Crippen LogP contribution in [0.2, 0.25) is 5.28 Å². The van der Waals surface area contributed by atoms with Gasteiger partial charge in [-0.15, -0.1) is 0 Å². The average Bonchev–Trinajstić information content (AvgIpc) is 2.39. The van der Waals surface area contributed by atoms with Crippen LogP contribution in [0.25, 0.3) is 0 Å². The van der Waals surface area contributed by atoms with E-state index >= 15 is 0 Å². The number of methoxy groups -OCH3 is 1. The van der Waals surface area contributed by atoms with E-state index in [1.807, 2.05) is 0 Å². The van der Waals surface area contributed by atoms with Crippen molar-refractivity contribution < 1.29 is 4.74 Å². The Balaban J connectivity index is 2.90. The molecular formula is C12H21ClN4O. The normalized spacial score (nSPS) is 10.8. The second kappa shape index (κ2) is 7.36. The van der Waals surface area contributed by atoms with Crippen LogP contribution in [0.4, 0.5) is 5.95 Å². The second-order valence-corrected chi connectivity index (χ2v) is 4.45. The molecule has 5 nitrogen and oxygen atoms in total. The summed E-state index contributed by atoms with van der Waals surface area (Å²) < 4.78 is 5.01. The average molecular weight is 273 g/mol. The van der Waals surface area contributed by atoms with Gasteiger partial charge in [-0.3, -0.25) is 0 Å². The highest BCUT2D eigenvalue weighted by molar-refractivity contribution is 6.28. The summed E-state index contributed by atoms with van der Waals surface area (Å²) in [5, 5.41) is 0.167. The summed E-state index contributed by atoms with van der Waals surface area (Å²) in [4.78, 5) is 14.4. The first kappa shape index (κ1) is 15.0. The molecule has 0 radical (unpaired) electrons. The summed E-state index contributed by atoms with van der Waals surface area (Å²) >= 11 is 5.87. The summed E-state index contributed by atoms with van der Waals surface area (Å²) in [7, 11) is 1.52. The van der Waals surface area contributed by atoms with Gasteiger partial charge in [-0.1, -0.05) is 26.7 Å². The SMILES string of the molecule is CCC(CC)CN(CC)c1nc(Cl)nc(OC)n1. The van der Waals surface area contributed by atoms with Gasteiger partial charge in [0.05, 0.1) is 7.11 Å². The molecule has 18 heavy (non-hydrogen) atoms. The summed E-state index contributed by atoms with van der Waals surface area (Å²) in [6, 6.07) is 0.257. The van der Waals surface area contributed by atoms with Gasteiger partial charge in [0.2, 0.25) is 11.2 Å². The molecular weight excluding hydrogens is 252 g/mol. The molecule has 0 atom stereocenters. The fraction of sp³-hybridized carbons (Fsp3) is 0.750. The third kappa shape index (κ3) is 3.98. The highest BCUT2D eigenvalue weighted by atomic mass is 35.5. The quantitative estimate of drug-likeness (QED) is 0.764. The summed E-state index contributed by atoms with van der Waals surface area (Å²) in [5.74, 6) is 1.22. The van der Waals surface area contributed by atoms with E-state index in [0.717, 1.165) is 25.9 Å².